The van der Waals surface area contributed by atoms with Gasteiger partial charge in [-0.1, -0.05) is 18.2 Å². The summed E-state index contributed by atoms with van der Waals surface area (Å²) in [6.07, 6.45) is 1.49. The quantitative estimate of drug-likeness (QED) is 0.489. The van der Waals surface area contributed by atoms with Gasteiger partial charge in [-0.05, 0) is 24.3 Å². The molecule has 0 bridgehead atoms. The van der Waals surface area contributed by atoms with Gasteiger partial charge in [0.05, 0.1) is 6.42 Å². The summed E-state index contributed by atoms with van der Waals surface area (Å²) in [5, 5.41) is 0.780. The monoisotopic (exact) mass is 393 g/mol. The van der Waals surface area contributed by atoms with Crippen LogP contribution in [0.2, 0.25) is 0 Å². The Bertz CT molecular complexity index is 1080. The Morgan fingerprint density at radius 3 is 2.59 bits per heavy atom. The Hall–Kier alpha value is -3.61. The number of Topliss-reactive ketones (excluding diaryl/α,β-unsaturated/α-hetero) is 2. The second-order valence-electron chi connectivity index (χ2n) is 6.61. The van der Waals surface area contributed by atoms with E-state index in [4.69, 9.17) is 14.2 Å². The van der Waals surface area contributed by atoms with Crippen LogP contribution in [-0.4, -0.2) is 42.3 Å². The zero-order chi connectivity index (χ0) is 20.2. The van der Waals surface area contributed by atoms with E-state index in [1.54, 1.807) is 24.4 Å². The molecule has 148 valence electrons. The van der Waals surface area contributed by atoms with Crippen molar-refractivity contribution in [1.29, 1.82) is 0 Å². The molecular formula is C22H19NO6. The molecule has 0 saturated carbocycles. The topological polar surface area (TPSA) is 94.7 Å². The lowest BCUT2D eigenvalue weighted by Gasteiger charge is -2.18. The fraction of sp³-hybridized carbons (Fsp3) is 0.227. The molecule has 0 spiro atoms. The van der Waals surface area contributed by atoms with Crippen molar-refractivity contribution in [2.24, 2.45) is 0 Å². The summed E-state index contributed by atoms with van der Waals surface area (Å²) in [5.41, 5.74) is 1.75. The van der Waals surface area contributed by atoms with Gasteiger partial charge < -0.3 is 19.2 Å². The van der Waals surface area contributed by atoms with Crippen LogP contribution in [0.15, 0.2) is 48.7 Å². The molecule has 1 aliphatic rings. The van der Waals surface area contributed by atoms with Crippen LogP contribution in [0.4, 0.5) is 0 Å². The highest BCUT2D eigenvalue weighted by atomic mass is 16.6. The fourth-order valence-corrected chi connectivity index (χ4v) is 3.17. The smallest absolute Gasteiger partial charge is 0.306 e. The Labute approximate surface area is 166 Å². The van der Waals surface area contributed by atoms with Crippen molar-refractivity contribution in [3.05, 3.63) is 59.8 Å². The lowest BCUT2D eigenvalue weighted by Crippen LogP contribution is -2.16. The van der Waals surface area contributed by atoms with Crippen LogP contribution in [0.1, 0.15) is 33.6 Å². The first kappa shape index (κ1) is 18.7. The standard InChI is InChI=1S/C22H19NO6/c24-18(14-5-7-20-21(11-14)28-10-9-27-20)6-8-22(26)29-13-19(25)16-12-23-17-4-2-1-3-15(16)17/h1-5,7,11-12,23H,6,8-10,13H2. The van der Waals surface area contributed by atoms with Gasteiger partial charge in [0, 0.05) is 34.6 Å². The van der Waals surface area contributed by atoms with Crippen molar-refractivity contribution in [3.63, 3.8) is 0 Å². The van der Waals surface area contributed by atoms with E-state index in [9.17, 15) is 14.4 Å². The van der Waals surface area contributed by atoms with Gasteiger partial charge in [-0.3, -0.25) is 14.4 Å². The Kier molecular flexibility index (Phi) is 5.29. The van der Waals surface area contributed by atoms with Gasteiger partial charge in [-0.15, -0.1) is 0 Å². The molecule has 2 heterocycles. The number of H-pyrrole nitrogens is 1. The summed E-state index contributed by atoms with van der Waals surface area (Å²) in [6, 6.07) is 12.3. The number of fused-ring (bicyclic) bond motifs is 2. The minimum Gasteiger partial charge on any atom is -0.486 e. The predicted octanol–water partition coefficient (Wildman–Crippen LogP) is 3.33. The molecule has 0 unspecified atom stereocenters. The van der Waals surface area contributed by atoms with E-state index >= 15 is 0 Å². The van der Waals surface area contributed by atoms with E-state index < -0.39 is 5.97 Å². The molecule has 0 amide bonds. The maximum Gasteiger partial charge on any atom is 0.306 e. The number of benzene rings is 2. The minimum atomic E-state index is -0.593. The van der Waals surface area contributed by atoms with Gasteiger partial charge in [0.15, 0.2) is 23.9 Å². The third-order valence-electron chi connectivity index (χ3n) is 4.67. The summed E-state index contributed by atoms with van der Waals surface area (Å²) in [5.74, 6) is 0.0249. The molecule has 7 nitrogen and oxygen atoms in total. The summed E-state index contributed by atoms with van der Waals surface area (Å²) in [6.45, 7) is 0.545. The van der Waals surface area contributed by atoms with Gasteiger partial charge in [0.1, 0.15) is 13.2 Å². The molecule has 0 fully saturated rings. The normalized spacial score (nSPS) is 12.6. The van der Waals surface area contributed by atoms with Crippen LogP contribution in [0.25, 0.3) is 10.9 Å². The van der Waals surface area contributed by atoms with Crippen LogP contribution in [0.5, 0.6) is 11.5 Å². The first-order valence-electron chi connectivity index (χ1n) is 9.29. The molecule has 0 atom stereocenters. The molecule has 2 aromatic carbocycles. The number of nitrogens with one attached hydrogen (secondary N) is 1. The largest absolute Gasteiger partial charge is 0.486 e. The van der Waals surface area contributed by atoms with Gasteiger partial charge >= 0.3 is 5.97 Å². The predicted molar refractivity (Wildman–Crippen MR) is 105 cm³/mol. The first-order chi connectivity index (χ1) is 14.1. The summed E-state index contributed by atoms with van der Waals surface area (Å²) >= 11 is 0. The van der Waals surface area contributed by atoms with Gasteiger partial charge in [-0.2, -0.15) is 0 Å². The van der Waals surface area contributed by atoms with Gasteiger partial charge in [0.2, 0.25) is 5.78 Å². The number of ketones is 2. The molecule has 1 N–H and O–H groups in total. The summed E-state index contributed by atoms with van der Waals surface area (Å²) in [7, 11) is 0. The number of hydrogen-bond acceptors (Lipinski definition) is 6. The highest BCUT2D eigenvalue weighted by Crippen LogP contribution is 2.31. The SMILES string of the molecule is O=C(CCC(=O)c1ccc2c(c1)OCCO2)OCC(=O)c1c[nH]c2ccccc12. The van der Waals surface area contributed by atoms with Crippen LogP contribution in [0, 0.1) is 0 Å². The molecule has 4 rings (SSSR count). The summed E-state index contributed by atoms with van der Waals surface area (Å²) < 4.78 is 15.9. The third-order valence-corrected chi connectivity index (χ3v) is 4.67. The van der Waals surface area contributed by atoms with E-state index in [0.29, 0.717) is 35.8 Å². The molecule has 0 aliphatic carbocycles. The molecular weight excluding hydrogens is 374 g/mol. The maximum atomic E-state index is 12.3. The van der Waals surface area contributed by atoms with Gasteiger partial charge in [0.25, 0.3) is 0 Å². The van der Waals surface area contributed by atoms with E-state index in [1.807, 2.05) is 24.3 Å². The Morgan fingerprint density at radius 1 is 0.931 bits per heavy atom. The second-order valence-corrected chi connectivity index (χ2v) is 6.61. The van der Waals surface area contributed by atoms with Crippen LogP contribution in [0.3, 0.4) is 0 Å². The van der Waals surface area contributed by atoms with E-state index in [2.05, 4.69) is 4.98 Å². The number of rotatable bonds is 7. The number of aromatic nitrogens is 1. The number of aromatic amines is 1. The molecule has 7 heteroatoms. The Balaban J connectivity index is 1.29. The van der Waals surface area contributed by atoms with Crippen molar-refractivity contribution >= 4 is 28.4 Å². The van der Waals surface area contributed by atoms with Crippen molar-refractivity contribution in [2.45, 2.75) is 12.8 Å². The zero-order valence-electron chi connectivity index (χ0n) is 15.6. The number of hydrogen-bond donors (Lipinski definition) is 1. The fourth-order valence-electron chi connectivity index (χ4n) is 3.17. The maximum absolute atomic E-state index is 12.3. The van der Waals surface area contributed by atoms with E-state index in [-0.39, 0.29) is 31.0 Å². The highest BCUT2D eigenvalue weighted by Gasteiger charge is 2.17. The van der Waals surface area contributed by atoms with Crippen molar-refractivity contribution in [2.75, 3.05) is 19.8 Å². The summed E-state index contributed by atoms with van der Waals surface area (Å²) in [4.78, 5) is 39.6. The van der Waals surface area contributed by atoms with Crippen LogP contribution in [-0.2, 0) is 9.53 Å². The second kappa shape index (κ2) is 8.18. The van der Waals surface area contributed by atoms with Crippen molar-refractivity contribution in [1.82, 2.24) is 4.98 Å². The number of para-hydroxylation sites is 1. The van der Waals surface area contributed by atoms with Crippen molar-refractivity contribution in [3.8, 4) is 11.5 Å². The van der Waals surface area contributed by atoms with Crippen LogP contribution >= 0.6 is 0 Å². The lowest BCUT2D eigenvalue weighted by atomic mass is 10.1. The molecule has 29 heavy (non-hydrogen) atoms. The lowest BCUT2D eigenvalue weighted by molar-refractivity contribution is -0.142. The number of carbonyl (C=O) groups is 3. The van der Waals surface area contributed by atoms with Crippen molar-refractivity contribution < 1.29 is 28.6 Å². The average Bonchev–Trinajstić information content (AvgIpc) is 3.19. The molecule has 0 saturated heterocycles. The zero-order valence-corrected chi connectivity index (χ0v) is 15.6. The first-order valence-corrected chi connectivity index (χ1v) is 9.29. The number of carbonyl (C=O) groups excluding carboxylic acids is 3. The third kappa shape index (κ3) is 4.13. The molecule has 0 radical (unpaired) electrons. The molecule has 1 aromatic heterocycles. The Morgan fingerprint density at radius 2 is 1.72 bits per heavy atom. The van der Waals surface area contributed by atoms with Gasteiger partial charge in [-0.25, -0.2) is 0 Å². The minimum absolute atomic E-state index is 0.0141. The molecule has 1 aliphatic heterocycles. The highest BCUT2D eigenvalue weighted by molar-refractivity contribution is 6.08. The van der Waals surface area contributed by atoms with E-state index in [1.165, 1.54) is 0 Å². The van der Waals surface area contributed by atoms with E-state index in [0.717, 1.165) is 10.9 Å². The van der Waals surface area contributed by atoms with Crippen LogP contribution < -0.4 is 9.47 Å². The number of ether oxygens (including phenoxy) is 3. The number of esters is 1. The average molecular weight is 393 g/mol. The molecule has 3 aromatic rings.